The van der Waals surface area contributed by atoms with Crippen molar-refractivity contribution in [3.63, 3.8) is 0 Å². The van der Waals surface area contributed by atoms with Gasteiger partial charge in [-0.05, 0) is 42.5 Å². The first kappa shape index (κ1) is 13.7. The molecule has 3 rings (SSSR count). The summed E-state index contributed by atoms with van der Waals surface area (Å²) in [6.45, 7) is 5.50. The number of anilines is 1. The Labute approximate surface area is 125 Å². The summed E-state index contributed by atoms with van der Waals surface area (Å²) in [4.78, 5) is 6.83. The van der Waals surface area contributed by atoms with Crippen LogP contribution in [-0.4, -0.2) is 18.0 Å². The fourth-order valence-electron chi connectivity index (χ4n) is 3.81. The van der Waals surface area contributed by atoms with Crippen molar-refractivity contribution in [2.45, 2.75) is 45.1 Å². The lowest BCUT2D eigenvalue weighted by atomic mass is 9.62. The fraction of sp³-hybridized carbons (Fsp3) is 0.562. The van der Waals surface area contributed by atoms with Gasteiger partial charge in [-0.25, -0.2) is 0 Å². The van der Waals surface area contributed by atoms with Crippen LogP contribution in [0.2, 0.25) is 5.02 Å². The third-order valence-electron chi connectivity index (χ3n) is 5.15. The van der Waals surface area contributed by atoms with Crippen LogP contribution in [0.3, 0.4) is 0 Å². The molecule has 20 heavy (non-hydrogen) atoms. The summed E-state index contributed by atoms with van der Waals surface area (Å²) in [6, 6.07) is 7.93. The molecule has 1 unspecified atom stereocenters. The van der Waals surface area contributed by atoms with Crippen molar-refractivity contribution in [1.29, 1.82) is 0 Å². The molecule has 1 aliphatic carbocycles. The molecule has 2 N–H and O–H groups in total. The van der Waals surface area contributed by atoms with Crippen molar-refractivity contribution in [2.75, 3.05) is 11.4 Å². The molecule has 1 aromatic carbocycles. The van der Waals surface area contributed by atoms with E-state index >= 15 is 0 Å². The molecule has 1 saturated carbocycles. The molecule has 1 heterocycles. The van der Waals surface area contributed by atoms with Crippen molar-refractivity contribution in [1.82, 2.24) is 0 Å². The molecular formula is C16H22ClN3. The van der Waals surface area contributed by atoms with Crippen molar-refractivity contribution < 1.29 is 0 Å². The van der Waals surface area contributed by atoms with Crippen LogP contribution in [0.1, 0.15) is 39.5 Å². The van der Waals surface area contributed by atoms with Crippen molar-refractivity contribution in [3.8, 4) is 0 Å². The van der Waals surface area contributed by atoms with Crippen molar-refractivity contribution in [3.05, 3.63) is 29.3 Å². The SMILES string of the molecule is CC1(C)CCCCC12CN=C(N)N2c1ccc(Cl)cc1. The predicted molar refractivity (Wildman–Crippen MR) is 85.4 cm³/mol. The predicted octanol–water partition coefficient (Wildman–Crippen LogP) is 3.81. The van der Waals surface area contributed by atoms with Crippen LogP contribution in [0.25, 0.3) is 0 Å². The third kappa shape index (κ3) is 1.91. The lowest BCUT2D eigenvalue weighted by Crippen LogP contribution is -2.61. The van der Waals surface area contributed by atoms with E-state index in [1.165, 1.54) is 19.3 Å². The summed E-state index contributed by atoms with van der Waals surface area (Å²) >= 11 is 6.01. The summed E-state index contributed by atoms with van der Waals surface area (Å²) in [6.07, 6.45) is 4.91. The monoisotopic (exact) mass is 291 g/mol. The normalized spacial score (nSPS) is 28.8. The number of nitrogens with zero attached hydrogens (tertiary/aromatic N) is 2. The van der Waals surface area contributed by atoms with E-state index in [1.807, 2.05) is 24.3 Å². The standard InChI is InChI=1S/C16H22ClN3/c1-15(2)9-3-4-10-16(15)11-19-14(18)20(16)13-7-5-12(17)6-8-13/h5-8H,3-4,9-11H2,1-2H3,(H2,18,19). The highest BCUT2D eigenvalue weighted by molar-refractivity contribution is 6.30. The molecule has 0 aromatic heterocycles. The highest BCUT2D eigenvalue weighted by atomic mass is 35.5. The van der Waals surface area contributed by atoms with Gasteiger partial charge >= 0.3 is 0 Å². The van der Waals surface area contributed by atoms with Crippen molar-refractivity contribution in [2.24, 2.45) is 16.1 Å². The van der Waals surface area contributed by atoms with Gasteiger partial charge in [-0.15, -0.1) is 0 Å². The Kier molecular flexibility index (Phi) is 3.20. The third-order valence-corrected chi connectivity index (χ3v) is 5.40. The maximum absolute atomic E-state index is 6.22. The lowest BCUT2D eigenvalue weighted by Gasteiger charge is -2.53. The van der Waals surface area contributed by atoms with Crippen LogP contribution in [0, 0.1) is 5.41 Å². The first-order valence-corrected chi connectivity index (χ1v) is 7.70. The molecule has 1 atom stereocenters. The topological polar surface area (TPSA) is 41.6 Å². The highest BCUT2D eigenvalue weighted by Crippen LogP contribution is 2.50. The van der Waals surface area contributed by atoms with Gasteiger partial charge in [0.15, 0.2) is 5.96 Å². The highest BCUT2D eigenvalue weighted by Gasteiger charge is 2.54. The summed E-state index contributed by atoms with van der Waals surface area (Å²) in [7, 11) is 0. The molecule has 0 radical (unpaired) electrons. The molecule has 1 aromatic rings. The maximum Gasteiger partial charge on any atom is 0.196 e. The number of rotatable bonds is 1. The molecule has 0 bridgehead atoms. The first-order valence-electron chi connectivity index (χ1n) is 7.32. The van der Waals surface area contributed by atoms with Crippen LogP contribution < -0.4 is 10.6 Å². The van der Waals surface area contributed by atoms with Gasteiger partial charge in [-0.1, -0.05) is 38.3 Å². The number of aliphatic imine (C=N–C) groups is 1. The van der Waals surface area contributed by atoms with Gasteiger partial charge in [0.2, 0.25) is 0 Å². The van der Waals surface area contributed by atoms with E-state index in [1.54, 1.807) is 0 Å². The van der Waals surface area contributed by atoms with Crippen LogP contribution in [-0.2, 0) is 0 Å². The van der Waals surface area contributed by atoms with E-state index in [9.17, 15) is 0 Å². The Morgan fingerprint density at radius 1 is 1.15 bits per heavy atom. The van der Waals surface area contributed by atoms with Crippen LogP contribution in [0.15, 0.2) is 29.3 Å². The summed E-state index contributed by atoms with van der Waals surface area (Å²) < 4.78 is 0. The van der Waals surface area contributed by atoms with Gasteiger partial charge in [0, 0.05) is 10.7 Å². The summed E-state index contributed by atoms with van der Waals surface area (Å²) in [5.41, 5.74) is 7.54. The number of hydrogen-bond acceptors (Lipinski definition) is 3. The van der Waals surface area contributed by atoms with E-state index < -0.39 is 0 Å². The maximum atomic E-state index is 6.22. The van der Waals surface area contributed by atoms with E-state index in [0.29, 0.717) is 5.96 Å². The first-order chi connectivity index (χ1) is 9.46. The van der Waals surface area contributed by atoms with E-state index in [4.69, 9.17) is 17.3 Å². The number of halogens is 1. The minimum Gasteiger partial charge on any atom is -0.369 e. The van der Waals surface area contributed by atoms with Crippen LogP contribution >= 0.6 is 11.6 Å². The minimum atomic E-state index is 0.0170. The minimum absolute atomic E-state index is 0.0170. The molecule has 4 heteroatoms. The van der Waals surface area contributed by atoms with Gasteiger partial charge in [-0.3, -0.25) is 4.99 Å². The largest absolute Gasteiger partial charge is 0.369 e. The molecule has 0 saturated heterocycles. The number of hydrogen-bond donors (Lipinski definition) is 1. The molecule has 1 spiro atoms. The zero-order valence-corrected chi connectivity index (χ0v) is 13.0. The number of guanidine groups is 1. The van der Waals surface area contributed by atoms with Gasteiger partial charge in [0.1, 0.15) is 0 Å². The van der Waals surface area contributed by atoms with Gasteiger partial charge < -0.3 is 10.6 Å². The Hall–Kier alpha value is -1.22. The van der Waals surface area contributed by atoms with Gasteiger partial charge in [-0.2, -0.15) is 0 Å². The number of nitrogens with two attached hydrogens (primary N) is 1. The van der Waals surface area contributed by atoms with E-state index in [2.05, 4.69) is 23.7 Å². The Balaban J connectivity index is 2.05. The smallest absolute Gasteiger partial charge is 0.196 e. The number of benzene rings is 1. The molecule has 2 aliphatic rings. The molecule has 1 aliphatic heterocycles. The second-order valence-corrected chi connectivity index (χ2v) is 7.05. The van der Waals surface area contributed by atoms with Gasteiger partial charge in [0.05, 0.1) is 12.1 Å². The second-order valence-electron chi connectivity index (χ2n) is 6.61. The van der Waals surface area contributed by atoms with Gasteiger partial charge in [0.25, 0.3) is 0 Å². The molecule has 1 fully saturated rings. The molecule has 0 amide bonds. The molecule has 108 valence electrons. The van der Waals surface area contributed by atoms with Crippen LogP contribution in [0.5, 0.6) is 0 Å². The average Bonchev–Trinajstić information content (AvgIpc) is 2.74. The second kappa shape index (κ2) is 4.66. The van der Waals surface area contributed by atoms with Crippen molar-refractivity contribution >= 4 is 23.2 Å². The Morgan fingerprint density at radius 3 is 2.45 bits per heavy atom. The fourth-order valence-corrected chi connectivity index (χ4v) is 3.93. The van der Waals surface area contributed by atoms with Crippen LogP contribution in [0.4, 0.5) is 5.69 Å². The quantitative estimate of drug-likeness (QED) is 0.855. The Morgan fingerprint density at radius 2 is 1.80 bits per heavy atom. The van der Waals surface area contributed by atoms with E-state index in [0.717, 1.165) is 23.7 Å². The average molecular weight is 292 g/mol. The zero-order chi connectivity index (χ0) is 14.4. The summed E-state index contributed by atoms with van der Waals surface area (Å²) in [5, 5.41) is 0.750. The zero-order valence-electron chi connectivity index (χ0n) is 12.2. The molecular weight excluding hydrogens is 270 g/mol. The lowest BCUT2D eigenvalue weighted by molar-refractivity contribution is 0.115. The molecule has 3 nitrogen and oxygen atoms in total. The van der Waals surface area contributed by atoms with E-state index in [-0.39, 0.29) is 11.0 Å². The summed E-state index contributed by atoms with van der Waals surface area (Å²) in [5.74, 6) is 0.641. The Bertz CT molecular complexity index is 535.